The maximum Gasteiger partial charge on any atom is 0.326 e. The van der Waals surface area contributed by atoms with E-state index in [9.17, 15) is 14.4 Å². The Hall–Kier alpha value is -1.63. The minimum Gasteiger partial charge on any atom is -0.481 e. The first-order valence-electron chi connectivity index (χ1n) is 7.47. The largest absolute Gasteiger partial charge is 0.481 e. The van der Waals surface area contributed by atoms with Crippen molar-refractivity contribution in [3.63, 3.8) is 0 Å². The van der Waals surface area contributed by atoms with Crippen LogP contribution in [0.4, 0.5) is 0 Å². The Bertz CT molecular complexity index is 426. The number of aliphatic carboxylic acids is 2. The normalized spacial score (nSPS) is 28.9. The number of rotatable bonds is 7. The first-order valence-corrected chi connectivity index (χ1v) is 7.47. The van der Waals surface area contributed by atoms with Gasteiger partial charge in [-0.1, -0.05) is 6.42 Å². The molecule has 1 saturated carbocycles. The number of amides is 1. The molecule has 4 N–H and O–H groups in total. The molecule has 0 aromatic carbocycles. The Morgan fingerprint density at radius 3 is 2.67 bits per heavy atom. The maximum absolute atomic E-state index is 12.2. The van der Waals surface area contributed by atoms with Crippen molar-refractivity contribution in [2.45, 2.75) is 50.6 Å². The van der Waals surface area contributed by atoms with Crippen LogP contribution in [0.1, 0.15) is 38.5 Å². The zero-order valence-corrected chi connectivity index (χ0v) is 11.9. The number of carbonyl (C=O) groups excluding carboxylic acids is 1. The highest BCUT2D eigenvalue weighted by Gasteiger charge is 2.43. The molecule has 4 atom stereocenters. The lowest BCUT2D eigenvalue weighted by molar-refractivity contribution is -0.143. The third-order valence-electron chi connectivity index (χ3n) is 4.53. The predicted molar refractivity (Wildman–Crippen MR) is 73.7 cm³/mol. The van der Waals surface area contributed by atoms with Crippen molar-refractivity contribution in [2.75, 3.05) is 6.54 Å². The number of carbonyl (C=O) groups is 3. The van der Waals surface area contributed by atoms with Gasteiger partial charge >= 0.3 is 11.9 Å². The van der Waals surface area contributed by atoms with Crippen LogP contribution in [-0.4, -0.2) is 46.7 Å². The van der Waals surface area contributed by atoms with Crippen LogP contribution in [0.2, 0.25) is 0 Å². The second kappa shape index (κ2) is 6.89. The van der Waals surface area contributed by atoms with Gasteiger partial charge in [-0.15, -0.1) is 0 Å². The Labute approximate surface area is 123 Å². The molecule has 1 saturated heterocycles. The topological polar surface area (TPSA) is 116 Å². The van der Waals surface area contributed by atoms with Crippen molar-refractivity contribution in [3.05, 3.63) is 0 Å². The molecule has 0 spiro atoms. The van der Waals surface area contributed by atoms with Crippen molar-refractivity contribution in [2.24, 2.45) is 11.8 Å². The van der Waals surface area contributed by atoms with E-state index in [-0.39, 0.29) is 31.2 Å². The van der Waals surface area contributed by atoms with Crippen LogP contribution in [-0.2, 0) is 14.4 Å². The SMILES string of the molecule is O=C(O)CCC[C@@H](NC(=O)C1NCC2CCCC21)C(=O)O. The molecular formula is C14H22N2O5. The Balaban J connectivity index is 1.86. The third kappa shape index (κ3) is 3.93. The fourth-order valence-corrected chi connectivity index (χ4v) is 3.45. The van der Waals surface area contributed by atoms with Crippen LogP contribution in [0.25, 0.3) is 0 Å². The van der Waals surface area contributed by atoms with Gasteiger partial charge in [0.2, 0.25) is 5.91 Å². The molecule has 0 radical (unpaired) electrons. The first kappa shape index (κ1) is 15.8. The van der Waals surface area contributed by atoms with Gasteiger partial charge in [0.1, 0.15) is 6.04 Å². The summed E-state index contributed by atoms with van der Waals surface area (Å²) in [5.74, 6) is -1.52. The average Bonchev–Trinajstić information content (AvgIpc) is 2.98. The minimum absolute atomic E-state index is 0.0912. The van der Waals surface area contributed by atoms with Crippen LogP contribution in [0.5, 0.6) is 0 Å². The van der Waals surface area contributed by atoms with Gasteiger partial charge in [0.05, 0.1) is 6.04 Å². The smallest absolute Gasteiger partial charge is 0.326 e. The van der Waals surface area contributed by atoms with Crippen molar-refractivity contribution in [3.8, 4) is 0 Å². The van der Waals surface area contributed by atoms with Gasteiger partial charge in [-0.3, -0.25) is 9.59 Å². The van der Waals surface area contributed by atoms with E-state index in [4.69, 9.17) is 10.2 Å². The zero-order valence-electron chi connectivity index (χ0n) is 11.9. The molecule has 1 aliphatic carbocycles. The number of carboxylic acids is 2. The Kier molecular flexibility index (Phi) is 5.17. The molecule has 0 bridgehead atoms. The molecule has 2 fully saturated rings. The van der Waals surface area contributed by atoms with E-state index >= 15 is 0 Å². The molecule has 21 heavy (non-hydrogen) atoms. The molecule has 2 aliphatic rings. The molecule has 1 amide bonds. The quantitative estimate of drug-likeness (QED) is 0.533. The lowest BCUT2D eigenvalue weighted by atomic mass is 9.93. The van der Waals surface area contributed by atoms with E-state index in [0.717, 1.165) is 25.8 Å². The summed E-state index contributed by atoms with van der Waals surface area (Å²) < 4.78 is 0. The van der Waals surface area contributed by atoms with Crippen molar-refractivity contribution in [1.82, 2.24) is 10.6 Å². The van der Waals surface area contributed by atoms with Gasteiger partial charge in [-0.2, -0.15) is 0 Å². The van der Waals surface area contributed by atoms with Gasteiger partial charge in [0.15, 0.2) is 0 Å². The highest BCUT2D eigenvalue weighted by atomic mass is 16.4. The lowest BCUT2D eigenvalue weighted by Gasteiger charge is -2.21. The van der Waals surface area contributed by atoms with Gasteiger partial charge in [0.25, 0.3) is 0 Å². The van der Waals surface area contributed by atoms with Gasteiger partial charge in [-0.25, -0.2) is 4.79 Å². The van der Waals surface area contributed by atoms with E-state index in [1.54, 1.807) is 0 Å². The molecule has 2 rings (SSSR count). The third-order valence-corrected chi connectivity index (χ3v) is 4.53. The standard InChI is InChI=1S/C14H22N2O5/c17-11(18)6-2-5-10(14(20)21)16-13(19)12-9-4-1-3-8(9)7-15-12/h8-10,12,15H,1-7H2,(H,16,19)(H,17,18)(H,20,21)/t8?,9?,10-,12?/m1/s1. The number of hydrogen-bond donors (Lipinski definition) is 4. The van der Waals surface area contributed by atoms with Gasteiger partial charge in [0, 0.05) is 6.42 Å². The summed E-state index contributed by atoms with van der Waals surface area (Å²) in [4.78, 5) is 33.9. The van der Waals surface area contributed by atoms with E-state index in [2.05, 4.69) is 10.6 Å². The summed E-state index contributed by atoms with van der Waals surface area (Å²) in [6, 6.07) is -1.32. The average molecular weight is 298 g/mol. The molecule has 0 aromatic heterocycles. The number of nitrogens with one attached hydrogen (secondary N) is 2. The van der Waals surface area contributed by atoms with Crippen molar-refractivity contribution < 1.29 is 24.6 Å². The van der Waals surface area contributed by atoms with Gasteiger partial charge in [-0.05, 0) is 44.1 Å². The summed E-state index contributed by atoms with van der Waals surface area (Å²) in [5, 5.41) is 23.4. The monoisotopic (exact) mass is 298 g/mol. The minimum atomic E-state index is -1.12. The fraction of sp³-hybridized carbons (Fsp3) is 0.786. The van der Waals surface area contributed by atoms with E-state index in [1.165, 1.54) is 0 Å². The molecule has 7 heteroatoms. The number of carboxylic acid groups (broad SMARTS) is 2. The predicted octanol–water partition coefficient (Wildman–Crippen LogP) is 0.199. The zero-order chi connectivity index (χ0) is 15.4. The summed E-state index contributed by atoms with van der Waals surface area (Å²) >= 11 is 0. The Morgan fingerprint density at radius 1 is 1.24 bits per heavy atom. The molecule has 1 aliphatic heterocycles. The summed E-state index contributed by atoms with van der Waals surface area (Å²) in [5.41, 5.74) is 0. The van der Waals surface area contributed by atoms with Crippen LogP contribution in [0, 0.1) is 11.8 Å². The molecular weight excluding hydrogens is 276 g/mol. The highest BCUT2D eigenvalue weighted by Crippen LogP contribution is 2.37. The van der Waals surface area contributed by atoms with Crippen molar-refractivity contribution >= 4 is 17.8 Å². The molecule has 7 nitrogen and oxygen atoms in total. The summed E-state index contributed by atoms with van der Waals surface area (Å²) in [7, 11) is 0. The number of hydrogen-bond acceptors (Lipinski definition) is 4. The van der Waals surface area contributed by atoms with Crippen LogP contribution in [0.15, 0.2) is 0 Å². The number of fused-ring (bicyclic) bond motifs is 1. The van der Waals surface area contributed by atoms with E-state index in [0.29, 0.717) is 11.8 Å². The van der Waals surface area contributed by atoms with Gasteiger partial charge < -0.3 is 20.8 Å². The molecule has 118 valence electrons. The first-order chi connectivity index (χ1) is 9.99. The second-order valence-electron chi connectivity index (χ2n) is 5.93. The van der Waals surface area contributed by atoms with E-state index in [1.807, 2.05) is 0 Å². The van der Waals surface area contributed by atoms with Crippen LogP contribution < -0.4 is 10.6 Å². The van der Waals surface area contributed by atoms with Crippen LogP contribution in [0.3, 0.4) is 0 Å². The van der Waals surface area contributed by atoms with Crippen LogP contribution >= 0.6 is 0 Å². The summed E-state index contributed by atoms with van der Waals surface area (Å²) in [6.07, 6.45) is 3.54. The van der Waals surface area contributed by atoms with E-state index < -0.39 is 18.0 Å². The second-order valence-corrected chi connectivity index (χ2v) is 5.93. The summed E-state index contributed by atoms with van der Waals surface area (Å²) in [6.45, 7) is 0.819. The lowest BCUT2D eigenvalue weighted by Crippen LogP contribution is -2.50. The fourth-order valence-electron chi connectivity index (χ4n) is 3.45. The molecule has 3 unspecified atom stereocenters. The van der Waals surface area contributed by atoms with Crippen molar-refractivity contribution in [1.29, 1.82) is 0 Å². The maximum atomic E-state index is 12.2. The highest BCUT2D eigenvalue weighted by molar-refractivity contribution is 5.87. The molecule has 0 aromatic rings. The Morgan fingerprint density at radius 2 is 2.00 bits per heavy atom. The molecule has 1 heterocycles.